The lowest BCUT2D eigenvalue weighted by Crippen LogP contribution is -2.38. The highest BCUT2D eigenvalue weighted by molar-refractivity contribution is 6.00. The van der Waals surface area contributed by atoms with Crippen molar-refractivity contribution in [2.75, 3.05) is 51.4 Å². The summed E-state index contributed by atoms with van der Waals surface area (Å²) in [5.41, 5.74) is 2.00. The van der Waals surface area contributed by atoms with E-state index in [0.717, 1.165) is 11.3 Å². The highest BCUT2D eigenvalue weighted by Gasteiger charge is 2.24. The molecule has 154 valence electrons. The first-order valence-electron chi connectivity index (χ1n) is 9.52. The van der Waals surface area contributed by atoms with Crippen molar-refractivity contribution in [1.29, 1.82) is 0 Å². The molecule has 0 spiro atoms. The number of morpholine rings is 1. The molecule has 0 atom stereocenters. The quantitative estimate of drug-likeness (QED) is 0.526. The first-order valence-corrected chi connectivity index (χ1v) is 9.52. The van der Waals surface area contributed by atoms with E-state index >= 15 is 0 Å². The summed E-state index contributed by atoms with van der Waals surface area (Å²) in [4.78, 5) is 27.4. The normalized spacial score (nSPS) is 13.8. The Morgan fingerprint density at radius 3 is 2.69 bits per heavy atom. The Bertz CT molecular complexity index is 880. The number of rotatable bonds is 7. The third-order valence-electron chi connectivity index (χ3n) is 4.80. The number of nitrogens with zero attached hydrogens (tertiary/aromatic N) is 3. The van der Waals surface area contributed by atoms with Crippen LogP contribution < -0.4 is 9.64 Å². The minimum Gasteiger partial charge on any atom is -0.492 e. The molecular formula is C21H25N3O5. The zero-order valence-corrected chi connectivity index (χ0v) is 16.7. The first-order chi connectivity index (χ1) is 14.0. The summed E-state index contributed by atoms with van der Waals surface area (Å²) in [6.07, 6.45) is 0. The zero-order valence-electron chi connectivity index (χ0n) is 16.7. The van der Waals surface area contributed by atoms with Crippen LogP contribution in [0.25, 0.3) is 0 Å². The van der Waals surface area contributed by atoms with E-state index in [-0.39, 0.29) is 11.6 Å². The number of carbonyl (C=O) groups excluding carboxylic acids is 1. The summed E-state index contributed by atoms with van der Waals surface area (Å²) in [6.45, 7) is 5.07. The Labute approximate surface area is 169 Å². The molecular weight excluding hydrogens is 374 g/mol. The summed E-state index contributed by atoms with van der Waals surface area (Å²) in [5.74, 6) is 0.471. The Morgan fingerprint density at radius 2 is 2.00 bits per heavy atom. The van der Waals surface area contributed by atoms with Gasteiger partial charge in [0.1, 0.15) is 12.4 Å². The average molecular weight is 399 g/mol. The van der Waals surface area contributed by atoms with Gasteiger partial charge >= 0.3 is 0 Å². The average Bonchev–Trinajstić information content (AvgIpc) is 2.73. The van der Waals surface area contributed by atoms with E-state index < -0.39 is 4.92 Å². The van der Waals surface area contributed by atoms with Gasteiger partial charge in [0.05, 0.1) is 35.9 Å². The molecule has 1 aliphatic heterocycles. The number of benzene rings is 2. The van der Waals surface area contributed by atoms with Gasteiger partial charge in [-0.1, -0.05) is 12.1 Å². The van der Waals surface area contributed by atoms with Gasteiger partial charge in [0.2, 0.25) is 0 Å². The van der Waals surface area contributed by atoms with Gasteiger partial charge in [0.15, 0.2) is 0 Å². The molecule has 0 bridgehead atoms. The highest BCUT2D eigenvalue weighted by Crippen LogP contribution is 2.27. The SMILES string of the molecule is Cc1cccc(OCCN(C)C(=O)c2cc([N+](=O)[O-])ccc2N2CCOCC2)c1. The molecule has 29 heavy (non-hydrogen) atoms. The van der Waals surface area contributed by atoms with Gasteiger partial charge in [-0.15, -0.1) is 0 Å². The van der Waals surface area contributed by atoms with E-state index in [0.29, 0.717) is 50.7 Å². The molecule has 0 N–H and O–H groups in total. The van der Waals surface area contributed by atoms with Crippen molar-refractivity contribution in [2.45, 2.75) is 6.92 Å². The third kappa shape index (κ3) is 5.23. The van der Waals surface area contributed by atoms with Crippen molar-refractivity contribution < 1.29 is 19.2 Å². The van der Waals surface area contributed by atoms with Crippen molar-refractivity contribution >= 4 is 17.3 Å². The predicted octanol–water partition coefficient (Wildman–Crippen LogP) is 2.89. The predicted molar refractivity (Wildman–Crippen MR) is 110 cm³/mol. The second-order valence-corrected chi connectivity index (χ2v) is 6.95. The number of likely N-dealkylation sites (N-methyl/N-ethyl adjacent to an activating group) is 1. The number of amides is 1. The monoisotopic (exact) mass is 399 g/mol. The fourth-order valence-electron chi connectivity index (χ4n) is 3.20. The summed E-state index contributed by atoms with van der Waals surface area (Å²) in [5, 5.41) is 11.2. The number of hydrogen-bond donors (Lipinski definition) is 0. The van der Waals surface area contributed by atoms with Crippen LogP contribution in [-0.2, 0) is 4.74 Å². The molecule has 0 aromatic heterocycles. The van der Waals surface area contributed by atoms with E-state index in [1.807, 2.05) is 36.1 Å². The van der Waals surface area contributed by atoms with Crippen LogP contribution in [-0.4, -0.2) is 62.2 Å². The lowest BCUT2D eigenvalue weighted by molar-refractivity contribution is -0.384. The van der Waals surface area contributed by atoms with Gasteiger partial charge in [0, 0.05) is 32.3 Å². The maximum Gasteiger partial charge on any atom is 0.270 e. The van der Waals surface area contributed by atoms with Crippen LogP contribution in [0.1, 0.15) is 15.9 Å². The summed E-state index contributed by atoms with van der Waals surface area (Å²) in [6, 6.07) is 12.1. The van der Waals surface area contributed by atoms with Gasteiger partial charge in [-0.05, 0) is 30.7 Å². The standard InChI is InChI=1S/C21H25N3O5/c1-16-4-3-5-18(14-16)29-13-8-22(2)21(25)19-15-17(24(26)27)6-7-20(19)23-9-11-28-12-10-23/h3-7,14-15H,8-13H2,1-2H3. The second-order valence-electron chi connectivity index (χ2n) is 6.95. The molecule has 0 unspecified atom stereocenters. The van der Waals surface area contributed by atoms with Crippen LogP contribution in [0.5, 0.6) is 5.75 Å². The summed E-state index contributed by atoms with van der Waals surface area (Å²) in [7, 11) is 1.67. The van der Waals surface area contributed by atoms with E-state index in [1.54, 1.807) is 13.1 Å². The van der Waals surface area contributed by atoms with E-state index in [2.05, 4.69) is 0 Å². The lowest BCUT2D eigenvalue weighted by atomic mass is 10.1. The van der Waals surface area contributed by atoms with E-state index in [4.69, 9.17) is 9.47 Å². The number of non-ortho nitro benzene ring substituents is 1. The van der Waals surface area contributed by atoms with Gasteiger partial charge in [-0.3, -0.25) is 14.9 Å². The Balaban J connectivity index is 1.73. The van der Waals surface area contributed by atoms with Crippen molar-refractivity contribution in [3.8, 4) is 5.75 Å². The number of hydrogen-bond acceptors (Lipinski definition) is 6. The van der Waals surface area contributed by atoms with Crippen LogP contribution in [0, 0.1) is 17.0 Å². The Morgan fingerprint density at radius 1 is 1.24 bits per heavy atom. The van der Waals surface area contributed by atoms with Crippen molar-refractivity contribution in [2.24, 2.45) is 0 Å². The lowest BCUT2D eigenvalue weighted by Gasteiger charge is -2.31. The molecule has 8 heteroatoms. The minimum atomic E-state index is -0.485. The molecule has 2 aromatic carbocycles. The van der Waals surface area contributed by atoms with Crippen LogP contribution in [0.3, 0.4) is 0 Å². The number of anilines is 1. The third-order valence-corrected chi connectivity index (χ3v) is 4.80. The molecule has 1 aliphatic rings. The molecule has 0 saturated carbocycles. The molecule has 1 saturated heterocycles. The zero-order chi connectivity index (χ0) is 20.8. The summed E-state index contributed by atoms with van der Waals surface area (Å²) >= 11 is 0. The number of nitro benzene ring substituents is 1. The molecule has 8 nitrogen and oxygen atoms in total. The van der Waals surface area contributed by atoms with Gasteiger partial charge in [0.25, 0.3) is 11.6 Å². The number of ether oxygens (including phenoxy) is 2. The number of nitro groups is 1. The first kappa shape index (κ1) is 20.6. The molecule has 0 aliphatic carbocycles. The smallest absolute Gasteiger partial charge is 0.270 e. The maximum absolute atomic E-state index is 13.1. The molecule has 2 aromatic rings. The van der Waals surface area contributed by atoms with Crippen molar-refractivity contribution in [3.63, 3.8) is 0 Å². The van der Waals surface area contributed by atoms with Crippen LogP contribution in [0.2, 0.25) is 0 Å². The van der Waals surface area contributed by atoms with Crippen LogP contribution in [0.15, 0.2) is 42.5 Å². The molecule has 1 heterocycles. The second kappa shape index (κ2) is 9.38. The Hall–Kier alpha value is -3.13. The van der Waals surface area contributed by atoms with E-state index in [9.17, 15) is 14.9 Å². The van der Waals surface area contributed by atoms with Crippen molar-refractivity contribution in [3.05, 3.63) is 63.7 Å². The number of aryl methyl sites for hydroxylation is 1. The summed E-state index contributed by atoms with van der Waals surface area (Å²) < 4.78 is 11.1. The van der Waals surface area contributed by atoms with Crippen LogP contribution in [0.4, 0.5) is 11.4 Å². The minimum absolute atomic E-state index is 0.102. The highest BCUT2D eigenvalue weighted by atomic mass is 16.6. The van der Waals surface area contributed by atoms with Crippen molar-refractivity contribution in [1.82, 2.24) is 4.90 Å². The fraction of sp³-hybridized carbons (Fsp3) is 0.381. The fourth-order valence-corrected chi connectivity index (χ4v) is 3.20. The van der Waals surface area contributed by atoms with Crippen LogP contribution >= 0.6 is 0 Å². The van der Waals surface area contributed by atoms with Gasteiger partial charge < -0.3 is 19.3 Å². The largest absolute Gasteiger partial charge is 0.492 e. The molecule has 0 radical (unpaired) electrons. The Kier molecular flexibility index (Phi) is 6.66. The van der Waals surface area contributed by atoms with Gasteiger partial charge in [-0.25, -0.2) is 0 Å². The molecule has 1 amide bonds. The maximum atomic E-state index is 13.1. The molecule has 3 rings (SSSR count). The van der Waals surface area contributed by atoms with E-state index in [1.165, 1.54) is 17.0 Å². The topological polar surface area (TPSA) is 85.1 Å². The number of carbonyl (C=O) groups is 1. The molecule has 1 fully saturated rings. The van der Waals surface area contributed by atoms with Gasteiger partial charge in [-0.2, -0.15) is 0 Å².